The summed E-state index contributed by atoms with van der Waals surface area (Å²) in [4.78, 5) is 52.9. The number of nitrogen functional groups attached to an aromatic ring is 1. The minimum absolute atomic E-state index is 0.0475. The Morgan fingerprint density at radius 2 is 1.14 bits per heavy atom. The Morgan fingerprint density at radius 1 is 0.719 bits per heavy atom. The van der Waals surface area contributed by atoms with Gasteiger partial charge in [0.1, 0.15) is 11.6 Å². The van der Waals surface area contributed by atoms with Crippen molar-refractivity contribution in [1.82, 2.24) is 16.3 Å². The van der Waals surface area contributed by atoms with Gasteiger partial charge in [-0.1, -0.05) is 59.6 Å². The highest BCUT2D eigenvalue weighted by Crippen LogP contribution is 2.33. The van der Waals surface area contributed by atoms with Crippen LogP contribution in [0.15, 0.2) is 72.8 Å². The fraction of sp³-hybridized carbons (Fsp3) is 0.250. The predicted octanol–water partition coefficient (Wildman–Crippen LogP) is 6.59. The third kappa shape index (κ3) is 13.9. The summed E-state index contributed by atoms with van der Waals surface area (Å²) >= 11 is 12.2. The lowest BCUT2D eigenvalue weighted by Crippen LogP contribution is -2.47. The number of hydrogen-bond acceptors (Lipinski definition) is 7. The van der Waals surface area contributed by atoms with Crippen LogP contribution in [0.3, 0.4) is 0 Å². The molecule has 0 saturated carbocycles. The molecule has 57 heavy (non-hydrogen) atoms. The van der Waals surface area contributed by atoms with Crippen molar-refractivity contribution >= 4 is 58.3 Å². The average Bonchev–Trinajstić information content (AvgIpc) is 3.17. The van der Waals surface area contributed by atoms with Gasteiger partial charge in [0.05, 0.1) is 47.2 Å². The van der Waals surface area contributed by atoms with Gasteiger partial charge in [-0.3, -0.25) is 35.5 Å². The molecule has 0 unspecified atom stereocenters. The third-order valence-corrected chi connectivity index (χ3v) is 9.45. The van der Waals surface area contributed by atoms with Gasteiger partial charge in [0, 0.05) is 11.1 Å². The van der Waals surface area contributed by atoms with Crippen molar-refractivity contribution in [2.45, 2.75) is 52.7 Å². The lowest BCUT2D eigenvalue weighted by Gasteiger charge is -2.21. The van der Waals surface area contributed by atoms with Crippen LogP contribution in [0, 0.1) is 50.5 Å². The molecule has 3 amide bonds. The summed E-state index contributed by atoms with van der Waals surface area (Å²) in [6.07, 6.45) is -1.61. The van der Waals surface area contributed by atoms with E-state index in [4.69, 9.17) is 47.3 Å². The number of carboxylic acids is 1. The van der Waals surface area contributed by atoms with Crippen LogP contribution in [-0.2, 0) is 22.4 Å². The predicted molar refractivity (Wildman–Crippen MR) is 210 cm³/mol. The van der Waals surface area contributed by atoms with Gasteiger partial charge in [0.2, 0.25) is 17.3 Å². The number of aliphatic hydroxyl groups excluding tert-OH is 2. The van der Waals surface area contributed by atoms with Gasteiger partial charge in [-0.15, -0.1) is 0 Å². The Labute approximate surface area is 338 Å². The van der Waals surface area contributed by atoms with Gasteiger partial charge >= 0.3 is 5.97 Å². The maximum atomic E-state index is 13.2. The molecule has 300 valence electrons. The van der Waals surface area contributed by atoms with E-state index in [2.05, 4.69) is 20.5 Å². The third-order valence-electron chi connectivity index (χ3n) is 8.50. The monoisotopic (exact) mass is 824 g/mol. The fourth-order valence-electron chi connectivity index (χ4n) is 5.08. The zero-order valence-corrected chi connectivity index (χ0v) is 32.6. The number of amides is 3. The first-order valence-corrected chi connectivity index (χ1v) is 17.6. The molecule has 0 aliphatic heterocycles. The normalized spacial score (nSPS) is 12.3. The molecule has 8 N–H and O–H groups in total. The first-order valence-electron chi connectivity index (χ1n) is 16.9. The maximum Gasteiger partial charge on any atom is 0.309 e. The van der Waals surface area contributed by atoms with Gasteiger partial charge in [-0.05, 0) is 99.2 Å². The summed E-state index contributed by atoms with van der Waals surface area (Å²) in [6.45, 7) is 20.4. The lowest BCUT2D eigenvalue weighted by atomic mass is 9.91. The minimum atomic E-state index is -1.05. The van der Waals surface area contributed by atoms with E-state index in [0.29, 0.717) is 38.1 Å². The van der Waals surface area contributed by atoms with Crippen LogP contribution in [0.4, 0.5) is 20.2 Å². The number of carboxylic acid groups (broad SMARTS) is 1. The number of benzene rings is 4. The Balaban J connectivity index is 0.000000329. The van der Waals surface area contributed by atoms with Crippen LogP contribution in [-0.4, -0.2) is 51.2 Å². The molecule has 0 aliphatic carbocycles. The van der Waals surface area contributed by atoms with Crippen LogP contribution >= 0.6 is 23.2 Å². The van der Waals surface area contributed by atoms with E-state index < -0.39 is 59.4 Å². The molecule has 0 heterocycles. The SMILES string of the molecule is NNC(=O)c1cccc(F)c1.[C-]#[N+]c1ccc(C[C@@H](C(=O)NNC(=O)c2cccc(F)c2)[C@H](C)O)c(C)c1Cl.[C-]#[N+]c1ccc(C[C@@H](C(=O)O)[C@H](C)O)c(C)c1Cl. The highest BCUT2D eigenvalue weighted by Gasteiger charge is 2.27. The first-order chi connectivity index (χ1) is 26.9. The van der Waals surface area contributed by atoms with E-state index in [9.17, 15) is 38.2 Å². The van der Waals surface area contributed by atoms with Crippen molar-refractivity contribution in [2.24, 2.45) is 17.7 Å². The molecule has 13 nitrogen and oxygen atoms in total. The number of hydrogen-bond donors (Lipinski definition) is 7. The first kappa shape index (κ1) is 47.2. The zero-order valence-electron chi connectivity index (χ0n) is 31.1. The molecule has 0 aromatic heterocycles. The second-order valence-corrected chi connectivity index (χ2v) is 13.2. The quantitative estimate of drug-likeness (QED) is 0.0402. The van der Waals surface area contributed by atoms with Crippen molar-refractivity contribution in [1.29, 1.82) is 0 Å². The van der Waals surface area contributed by atoms with Crippen molar-refractivity contribution in [3.05, 3.63) is 151 Å². The summed E-state index contributed by atoms with van der Waals surface area (Å²) in [5.74, 6) is -0.776. The molecule has 17 heteroatoms. The smallest absolute Gasteiger partial charge is 0.309 e. The van der Waals surface area contributed by atoms with Gasteiger partial charge in [0.15, 0.2) is 0 Å². The Hall–Kier alpha value is -5.94. The van der Waals surface area contributed by atoms with E-state index in [1.807, 2.05) is 5.43 Å². The number of halogens is 4. The van der Waals surface area contributed by atoms with E-state index in [-0.39, 0.29) is 24.0 Å². The van der Waals surface area contributed by atoms with E-state index >= 15 is 0 Å². The van der Waals surface area contributed by atoms with Crippen LogP contribution in [0.2, 0.25) is 10.0 Å². The zero-order chi connectivity index (χ0) is 43.0. The standard InChI is InChI=1S/C20H19ClFN3O3.C13H14ClNO3.C7H7FN2O/c1-11-13(7-8-17(23-3)18(11)21)10-16(12(2)26)20(28)25-24-19(27)14-5-4-6-15(22)9-14;1-7-9(4-5-11(15-3)12(7)14)6-10(8(2)16)13(17)18;8-6-3-1-2-5(4-6)7(11)10-9/h4-9,12,16,26H,10H2,1-2H3,(H,24,27)(H,25,28);4-5,8,10,16H,6H2,1-2H3,(H,17,18);1-4H,9H2,(H,10,11)/t12-,16+;8-,10+;/m00./s1. The number of aliphatic hydroxyl groups is 2. The number of nitrogens with zero attached hydrogens (tertiary/aromatic N) is 2. The van der Waals surface area contributed by atoms with E-state index in [1.54, 1.807) is 38.1 Å². The van der Waals surface area contributed by atoms with Crippen molar-refractivity contribution in [3.8, 4) is 0 Å². The fourth-order valence-corrected chi connectivity index (χ4v) is 5.54. The number of nitrogens with two attached hydrogens (primary N) is 1. The second kappa shape index (κ2) is 22.6. The summed E-state index contributed by atoms with van der Waals surface area (Å²) in [5, 5.41) is 29.1. The highest BCUT2D eigenvalue weighted by atomic mass is 35.5. The van der Waals surface area contributed by atoms with E-state index in [0.717, 1.165) is 17.7 Å². The molecular weight excluding hydrogens is 785 g/mol. The van der Waals surface area contributed by atoms with Crippen LogP contribution in [0.5, 0.6) is 0 Å². The Kier molecular flexibility index (Phi) is 18.7. The molecule has 4 aromatic rings. The van der Waals surface area contributed by atoms with Gasteiger partial charge < -0.3 is 15.3 Å². The van der Waals surface area contributed by atoms with Crippen molar-refractivity contribution in [3.63, 3.8) is 0 Å². The number of rotatable bonds is 10. The number of hydrazine groups is 2. The lowest BCUT2D eigenvalue weighted by molar-refractivity contribution is -0.145. The molecule has 4 atom stereocenters. The molecular formula is C40H40Cl2F2N6O7. The summed E-state index contributed by atoms with van der Waals surface area (Å²) in [5.41, 5.74) is 10.1. The van der Waals surface area contributed by atoms with Gasteiger partial charge in [-0.2, -0.15) is 0 Å². The minimum Gasteiger partial charge on any atom is -0.481 e. The average molecular weight is 826 g/mol. The summed E-state index contributed by atoms with van der Waals surface area (Å²) in [7, 11) is 0. The number of carbonyl (C=O) groups excluding carboxylic acids is 3. The molecule has 0 fully saturated rings. The molecule has 4 aromatic carbocycles. The molecule has 0 bridgehead atoms. The number of nitrogens with one attached hydrogen (secondary N) is 3. The Bertz CT molecular complexity index is 2170. The van der Waals surface area contributed by atoms with Crippen LogP contribution in [0.1, 0.15) is 56.8 Å². The molecule has 0 radical (unpaired) electrons. The number of aliphatic carboxylic acids is 1. The largest absolute Gasteiger partial charge is 0.481 e. The molecule has 0 aliphatic rings. The van der Waals surface area contributed by atoms with E-state index in [1.165, 1.54) is 50.2 Å². The topological polar surface area (TPSA) is 200 Å². The van der Waals surface area contributed by atoms with Crippen molar-refractivity contribution < 1.29 is 43.3 Å². The summed E-state index contributed by atoms with van der Waals surface area (Å²) in [6, 6.07) is 16.8. The van der Waals surface area contributed by atoms with Crippen molar-refractivity contribution in [2.75, 3.05) is 0 Å². The molecule has 0 spiro atoms. The second-order valence-electron chi connectivity index (χ2n) is 12.5. The molecule has 0 saturated heterocycles. The van der Waals surface area contributed by atoms with Gasteiger partial charge in [0.25, 0.3) is 11.8 Å². The van der Waals surface area contributed by atoms with Crippen LogP contribution in [0.25, 0.3) is 9.69 Å². The van der Waals surface area contributed by atoms with Crippen LogP contribution < -0.4 is 22.1 Å². The summed E-state index contributed by atoms with van der Waals surface area (Å²) < 4.78 is 25.6. The maximum absolute atomic E-state index is 13.2. The molecule has 4 rings (SSSR count). The van der Waals surface area contributed by atoms with Gasteiger partial charge in [-0.25, -0.2) is 24.3 Å². The Morgan fingerprint density at radius 3 is 1.51 bits per heavy atom. The number of carbonyl (C=O) groups is 4. The highest BCUT2D eigenvalue weighted by molar-refractivity contribution is 6.34.